The number of aliphatic hydroxyl groups excluding tert-OH is 1. The molecule has 1 unspecified atom stereocenters. The molecule has 382 valence electrons. The number of ether oxygens (including phenoxy) is 3. The van der Waals surface area contributed by atoms with Crippen molar-refractivity contribution in [2.75, 3.05) is 90.9 Å². The number of likely N-dealkylation sites (tertiary alicyclic amines) is 1. The highest BCUT2D eigenvalue weighted by atomic mass is 32.1. The van der Waals surface area contributed by atoms with Crippen LogP contribution < -0.4 is 21.3 Å². The third-order valence-electron chi connectivity index (χ3n) is 12.7. The molecule has 18 heteroatoms. The Morgan fingerprint density at radius 2 is 1.74 bits per heavy atom. The van der Waals surface area contributed by atoms with E-state index < -0.39 is 41.3 Å². The summed E-state index contributed by atoms with van der Waals surface area (Å²) in [5, 5.41) is 16.4. The lowest BCUT2D eigenvalue weighted by molar-refractivity contribution is -0.144. The molecular formula is C52H75N9O8S. The van der Waals surface area contributed by atoms with Crippen LogP contribution >= 0.6 is 11.3 Å². The average Bonchev–Trinajstić information content (AvgIpc) is 3.97. The van der Waals surface area contributed by atoms with Crippen molar-refractivity contribution < 1.29 is 38.5 Å². The number of aliphatic hydroxyl groups is 1. The third kappa shape index (κ3) is 16.3. The smallest absolute Gasteiger partial charge is 0.248 e. The number of primary amides is 1. The van der Waals surface area contributed by atoms with Crippen LogP contribution in [0, 0.1) is 12.3 Å². The van der Waals surface area contributed by atoms with Crippen molar-refractivity contribution >= 4 is 46.2 Å². The van der Waals surface area contributed by atoms with Crippen LogP contribution in [0.3, 0.4) is 0 Å². The maximum absolute atomic E-state index is 14.0. The number of nitrogens with two attached hydrogens (primary N) is 1. The molecule has 3 aromatic rings. The van der Waals surface area contributed by atoms with Crippen LogP contribution in [0.2, 0.25) is 0 Å². The van der Waals surface area contributed by atoms with Gasteiger partial charge in [0, 0.05) is 89.7 Å². The summed E-state index contributed by atoms with van der Waals surface area (Å²) in [7, 11) is 1.70. The number of aromatic nitrogens is 2. The Kier molecular flexibility index (Phi) is 21.5. The van der Waals surface area contributed by atoms with Gasteiger partial charge in [0.15, 0.2) is 0 Å². The minimum atomic E-state index is -0.958. The Labute approximate surface area is 418 Å². The number of anilines is 1. The Hall–Kier alpha value is -5.50. The standard InChI is InChI=1S/C52H75N9O8S/c1-9-39(49(53)64)29-41(17-19-59(10-2)36(3)18-25-67-8)44-16-15-42(32-54-44)60-22-20-58(21-23-60)24-26-68-27-28-69-34-46(63)57-48(52(5,6)7)51(66)61-33-43(62)30-45(61)50(65)55-31-38-11-13-40(14-12-38)47-37(4)56-35-70-47/h9,11-17,19,29,32,35-36,43,45,48,62H,10,18,20-28,30-31,33-34H2,1-8H3,(H2,53,64)(H,55,65)(H,57,63)/b19-17+,39-9-,41-29+/t36?,43-,45+,48-/m1/s1. The van der Waals surface area contributed by atoms with Crippen LogP contribution in [-0.4, -0.2) is 164 Å². The van der Waals surface area contributed by atoms with Crippen LogP contribution in [-0.2, 0) is 39.9 Å². The molecule has 17 nitrogen and oxygen atoms in total. The zero-order valence-electron chi connectivity index (χ0n) is 42.3. The molecule has 4 atom stereocenters. The lowest BCUT2D eigenvalue weighted by Crippen LogP contribution is -2.58. The van der Waals surface area contributed by atoms with Crippen LogP contribution in [0.15, 0.2) is 78.1 Å². The minimum Gasteiger partial charge on any atom is -0.391 e. The number of piperazine rings is 1. The number of carbonyl (C=O) groups excluding carboxylic acids is 4. The molecule has 70 heavy (non-hydrogen) atoms. The van der Waals surface area contributed by atoms with Gasteiger partial charge < -0.3 is 50.4 Å². The van der Waals surface area contributed by atoms with Crippen molar-refractivity contribution in [3.63, 3.8) is 0 Å². The van der Waals surface area contributed by atoms with Gasteiger partial charge in [-0.1, -0.05) is 51.1 Å². The fourth-order valence-corrected chi connectivity index (χ4v) is 9.21. The van der Waals surface area contributed by atoms with Gasteiger partial charge in [-0.2, -0.15) is 0 Å². The summed E-state index contributed by atoms with van der Waals surface area (Å²) in [6, 6.07) is 10.4. The number of aryl methyl sites for hydroxylation is 1. The van der Waals surface area contributed by atoms with E-state index in [1.54, 1.807) is 37.5 Å². The number of pyridine rings is 1. The summed E-state index contributed by atoms with van der Waals surface area (Å²) in [6.07, 6.45) is 9.50. The number of benzene rings is 1. The number of methoxy groups -OCH3 is 1. The minimum absolute atomic E-state index is 0.0109. The molecule has 2 saturated heterocycles. The predicted molar refractivity (Wildman–Crippen MR) is 275 cm³/mol. The molecule has 0 bridgehead atoms. The van der Waals surface area contributed by atoms with E-state index in [0.29, 0.717) is 25.4 Å². The molecule has 0 spiro atoms. The molecular weight excluding hydrogens is 911 g/mol. The largest absolute Gasteiger partial charge is 0.391 e. The normalized spacial score (nSPS) is 18.0. The second-order valence-electron chi connectivity index (χ2n) is 18.8. The quantitative estimate of drug-likeness (QED) is 0.0524. The van der Waals surface area contributed by atoms with E-state index in [-0.39, 0.29) is 44.7 Å². The number of hydrogen-bond acceptors (Lipinski definition) is 14. The number of thiazole rings is 1. The summed E-state index contributed by atoms with van der Waals surface area (Å²) >= 11 is 1.57. The third-order valence-corrected chi connectivity index (χ3v) is 13.7. The summed E-state index contributed by atoms with van der Waals surface area (Å²) in [4.78, 5) is 71.2. The zero-order chi connectivity index (χ0) is 50.8. The molecule has 0 radical (unpaired) electrons. The molecule has 2 aliphatic rings. The first kappa shape index (κ1) is 55.4. The Balaban J connectivity index is 1.02. The number of nitrogens with one attached hydrogen (secondary N) is 2. The molecule has 2 aliphatic heterocycles. The number of nitrogens with zero attached hydrogens (tertiary/aromatic N) is 6. The maximum atomic E-state index is 14.0. The van der Waals surface area contributed by atoms with Crippen molar-refractivity contribution in [1.82, 2.24) is 35.3 Å². The summed E-state index contributed by atoms with van der Waals surface area (Å²) < 4.78 is 16.8. The van der Waals surface area contributed by atoms with Crippen molar-refractivity contribution in [3.8, 4) is 10.4 Å². The van der Waals surface area contributed by atoms with E-state index >= 15 is 0 Å². The predicted octanol–water partition coefficient (Wildman–Crippen LogP) is 4.55. The molecule has 2 fully saturated rings. The second kappa shape index (κ2) is 27.2. The van der Waals surface area contributed by atoms with Gasteiger partial charge in [0.05, 0.1) is 59.6 Å². The Morgan fingerprint density at radius 3 is 2.36 bits per heavy atom. The number of β-amino-alcohol motifs (C(OH)–C–C–N with tert-alkyl or cyclic N) is 1. The van der Waals surface area contributed by atoms with Gasteiger partial charge in [0.2, 0.25) is 23.6 Å². The Bertz CT molecular complexity index is 2250. The number of hydrogen-bond donors (Lipinski definition) is 4. The molecule has 5 rings (SSSR count). The molecule has 1 aromatic carbocycles. The van der Waals surface area contributed by atoms with E-state index in [4.69, 9.17) is 24.9 Å². The molecule has 4 amide bonds. The number of carbonyl (C=O) groups is 4. The molecule has 0 aliphatic carbocycles. The first-order valence-corrected chi connectivity index (χ1v) is 25.2. The zero-order valence-corrected chi connectivity index (χ0v) is 43.1. The van der Waals surface area contributed by atoms with E-state index in [2.05, 4.69) is 50.2 Å². The lowest BCUT2D eigenvalue weighted by Gasteiger charge is -2.35. The first-order chi connectivity index (χ1) is 33.5. The number of amides is 4. The van der Waals surface area contributed by atoms with E-state index in [1.807, 2.05) is 82.0 Å². The van der Waals surface area contributed by atoms with Crippen molar-refractivity contribution in [2.45, 2.75) is 92.1 Å². The van der Waals surface area contributed by atoms with E-state index in [1.165, 1.54) is 4.90 Å². The van der Waals surface area contributed by atoms with Crippen LogP contribution in [0.1, 0.15) is 71.3 Å². The average molecular weight is 986 g/mol. The topological polar surface area (TPSA) is 205 Å². The molecule has 0 saturated carbocycles. The summed E-state index contributed by atoms with van der Waals surface area (Å²) in [5.74, 6) is -1.76. The molecule has 2 aromatic heterocycles. The van der Waals surface area contributed by atoms with Crippen LogP contribution in [0.4, 0.5) is 5.69 Å². The highest BCUT2D eigenvalue weighted by molar-refractivity contribution is 7.13. The molecule has 5 N–H and O–H groups in total. The van der Waals surface area contributed by atoms with Gasteiger partial charge >= 0.3 is 0 Å². The van der Waals surface area contributed by atoms with Crippen molar-refractivity contribution in [1.29, 1.82) is 0 Å². The highest BCUT2D eigenvalue weighted by Gasteiger charge is 2.44. The van der Waals surface area contributed by atoms with Crippen LogP contribution in [0.5, 0.6) is 0 Å². The van der Waals surface area contributed by atoms with Gasteiger partial charge in [-0.15, -0.1) is 11.3 Å². The highest BCUT2D eigenvalue weighted by Crippen LogP contribution is 2.29. The first-order valence-electron chi connectivity index (χ1n) is 24.3. The fraction of sp³-hybridized carbons (Fsp3) is 0.538. The van der Waals surface area contributed by atoms with Gasteiger partial charge in [-0.25, -0.2) is 4.98 Å². The monoisotopic (exact) mass is 986 g/mol. The summed E-state index contributed by atoms with van der Waals surface area (Å²) in [5.41, 5.74) is 12.6. The second-order valence-corrected chi connectivity index (χ2v) is 19.7. The lowest BCUT2D eigenvalue weighted by atomic mass is 9.85. The van der Waals surface area contributed by atoms with Gasteiger partial charge in [-0.3, -0.25) is 29.1 Å². The maximum Gasteiger partial charge on any atom is 0.248 e. The SMILES string of the molecule is C/C=C(/C=C(\C=C\N(CC)C(C)CCOC)c1ccc(N2CCN(CCOCCOCC(=O)N[C@H](C(=O)N3C[C@H](O)C[C@H]3C(=O)NCc3ccc(-c4scnc4C)cc3)C(C)(C)C)CC2)cn1)C(N)=O. The van der Waals surface area contributed by atoms with Gasteiger partial charge in [0.25, 0.3) is 0 Å². The fourth-order valence-electron chi connectivity index (χ4n) is 8.40. The Morgan fingerprint density at radius 1 is 1.01 bits per heavy atom. The van der Waals surface area contributed by atoms with Crippen LogP contribution in [0.25, 0.3) is 16.0 Å². The number of allylic oxidation sites excluding steroid dienone is 3. The van der Waals surface area contributed by atoms with E-state index in [0.717, 1.165) is 84.3 Å². The summed E-state index contributed by atoms with van der Waals surface area (Å²) in [6.45, 7) is 20.1. The van der Waals surface area contributed by atoms with Crippen molar-refractivity contribution in [2.24, 2.45) is 11.1 Å². The van der Waals surface area contributed by atoms with E-state index in [9.17, 15) is 24.3 Å². The van der Waals surface area contributed by atoms with Crippen molar-refractivity contribution in [3.05, 3.63) is 95.1 Å². The van der Waals surface area contributed by atoms with Gasteiger partial charge in [-0.05, 0) is 81.1 Å². The molecule has 4 heterocycles. The van der Waals surface area contributed by atoms with Gasteiger partial charge in [0.1, 0.15) is 18.7 Å². The number of rotatable bonds is 25.